The number of rotatable bonds is 4. The summed E-state index contributed by atoms with van der Waals surface area (Å²) in [5, 5.41) is 8.76. The van der Waals surface area contributed by atoms with Crippen LogP contribution in [-0.4, -0.2) is 18.9 Å². The number of carbonyl (C=O) groups is 2. The van der Waals surface area contributed by atoms with Crippen LogP contribution in [0.5, 0.6) is 0 Å². The highest BCUT2D eigenvalue weighted by Crippen LogP contribution is 2.23. The van der Waals surface area contributed by atoms with Crippen molar-refractivity contribution >= 4 is 28.2 Å². The fourth-order valence-corrected chi connectivity index (χ4v) is 1.99. The first kappa shape index (κ1) is 13.4. The Morgan fingerprint density at radius 1 is 1.59 bits per heavy atom. The second-order valence-electron chi connectivity index (χ2n) is 3.24. The van der Waals surface area contributed by atoms with E-state index in [-0.39, 0.29) is 6.42 Å². The monoisotopic (exact) mass is 295 g/mol. The first-order chi connectivity index (χ1) is 8.12. The molecule has 0 amide bonds. The lowest BCUT2D eigenvalue weighted by molar-refractivity contribution is -0.142. The van der Waals surface area contributed by atoms with Gasteiger partial charge >= 0.3 is 5.97 Å². The molecule has 5 heteroatoms. The molecule has 0 aliphatic rings. The largest absolute Gasteiger partial charge is 0.466 e. The minimum absolute atomic E-state index is 0.00814. The zero-order chi connectivity index (χ0) is 12.8. The first-order valence-corrected chi connectivity index (χ1v) is 5.75. The molecule has 0 bridgehead atoms. The lowest BCUT2D eigenvalue weighted by Gasteiger charge is -2.07. The van der Waals surface area contributed by atoms with Crippen molar-refractivity contribution in [1.82, 2.24) is 0 Å². The molecule has 88 valence electrons. The summed E-state index contributed by atoms with van der Waals surface area (Å²) in [5.74, 6) is -0.402. The Hall–Kier alpha value is -1.67. The van der Waals surface area contributed by atoms with Gasteiger partial charge < -0.3 is 4.74 Å². The van der Waals surface area contributed by atoms with Crippen molar-refractivity contribution in [2.24, 2.45) is 0 Å². The third kappa shape index (κ3) is 3.40. The Morgan fingerprint density at radius 2 is 2.29 bits per heavy atom. The predicted octanol–water partition coefficient (Wildman–Crippen LogP) is 2.24. The standard InChI is InChI=1S/C12H10BrNO3/c1-2-17-12(16)5-10-9(7-15)3-8(6-14)4-11(10)13/h3-4,7H,2,5H2,1H3. The van der Waals surface area contributed by atoms with E-state index in [2.05, 4.69) is 15.9 Å². The minimum Gasteiger partial charge on any atom is -0.466 e. The van der Waals surface area contributed by atoms with Crippen LogP contribution in [0.15, 0.2) is 16.6 Å². The van der Waals surface area contributed by atoms with Gasteiger partial charge in [-0.05, 0) is 24.6 Å². The summed E-state index contributed by atoms with van der Waals surface area (Å²) in [7, 11) is 0. The molecule has 0 spiro atoms. The number of carbonyl (C=O) groups excluding carboxylic acids is 2. The van der Waals surface area contributed by atoms with Gasteiger partial charge in [-0.1, -0.05) is 15.9 Å². The summed E-state index contributed by atoms with van der Waals surface area (Å²) in [6.07, 6.45) is 0.633. The number of hydrogen-bond acceptors (Lipinski definition) is 4. The normalized spacial score (nSPS) is 9.47. The molecule has 0 radical (unpaired) electrons. The molecule has 0 aromatic heterocycles. The average Bonchev–Trinajstić information content (AvgIpc) is 2.31. The van der Waals surface area contributed by atoms with Crippen LogP contribution in [0.25, 0.3) is 0 Å². The van der Waals surface area contributed by atoms with Gasteiger partial charge in [0.1, 0.15) is 6.29 Å². The first-order valence-electron chi connectivity index (χ1n) is 4.95. The maximum atomic E-state index is 11.4. The summed E-state index contributed by atoms with van der Waals surface area (Å²) in [6.45, 7) is 2.01. The van der Waals surface area contributed by atoms with Gasteiger partial charge in [-0.15, -0.1) is 0 Å². The molecule has 0 unspecified atom stereocenters. The van der Waals surface area contributed by atoms with Crippen molar-refractivity contribution in [3.05, 3.63) is 33.3 Å². The molecular weight excluding hydrogens is 286 g/mol. The quantitative estimate of drug-likeness (QED) is 0.631. The van der Waals surface area contributed by atoms with E-state index in [1.807, 2.05) is 6.07 Å². The molecule has 0 atom stereocenters. The van der Waals surface area contributed by atoms with Gasteiger partial charge in [-0.3, -0.25) is 9.59 Å². The van der Waals surface area contributed by atoms with Crippen molar-refractivity contribution in [1.29, 1.82) is 5.26 Å². The third-order valence-corrected chi connectivity index (χ3v) is 2.82. The van der Waals surface area contributed by atoms with Crippen LogP contribution in [0.1, 0.15) is 28.4 Å². The molecule has 0 aliphatic carbocycles. The second-order valence-corrected chi connectivity index (χ2v) is 4.09. The van der Waals surface area contributed by atoms with Gasteiger partial charge in [0, 0.05) is 10.0 Å². The highest BCUT2D eigenvalue weighted by atomic mass is 79.9. The Morgan fingerprint density at radius 3 is 2.82 bits per heavy atom. The SMILES string of the molecule is CCOC(=O)Cc1c(Br)cc(C#N)cc1C=O. The molecule has 0 N–H and O–H groups in total. The van der Waals surface area contributed by atoms with Crippen LogP contribution in [-0.2, 0) is 16.0 Å². The molecule has 0 fully saturated rings. The number of hydrogen-bond donors (Lipinski definition) is 0. The number of nitriles is 1. The number of aldehydes is 1. The van der Waals surface area contributed by atoms with Crippen LogP contribution >= 0.6 is 15.9 Å². The van der Waals surface area contributed by atoms with E-state index in [1.165, 1.54) is 6.07 Å². The van der Waals surface area contributed by atoms with E-state index in [0.717, 1.165) is 0 Å². The number of ether oxygens (including phenoxy) is 1. The molecule has 0 saturated heterocycles. The van der Waals surface area contributed by atoms with Gasteiger partial charge in [0.05, 0.1) is 24.7 Å². The van der Waals surface area contributed by atoms with Crippen molar-refractivity contribution in [3.8, 4) is 6.07 Å². The Labute approximate surface area is 107 Å². The van der Waals surface area contributed by atoms with Gasteiger partial charge in [-0.2, -0.15) is 5.26 Å². The highest BCUT2D eigenvalue weighted by molar-refractivity contribution is 9.10. The Bertz CT molecular complexity index is 491. The number of nitrogens with zero attached hydrogens (tertiary/aromatic N) is 1. The summed E-state index contributed by atoms with van der Waals surface area (Å²) < 4.78 is 5.38. The lowest BCUT2D eigenvalue weighted by atomic mass is 10.0. The topological polar surface area (TPSA) is 67.2 Å². The van der Waals surface area contributed by atoms with Crippen molar-refractivity contribution < 1.29 is 14.3 Å². The maximum Gasteiger partial charge on any atom is 0.310 e. The molecule has 0 aliphatic heterocycles. The molecule has 1 rings (SSSR count). The molecule has 1 aromatic rings. The zero-order valence-corrected chi connectivity index (χ0v) is 10.8. The number of benzene rings is 1. The van der Waals surface area contributed by atoms with E-state index in [0.29, 0.717) is 34.1 Å². The lowest BCUT2D eigenvalue weighted by Crippen LogP contribution is -2.10. The van der Waals surface area contributed by atoms with E-state index in [4.69, 9.17) is 10.00 Å². The fraction of sp³-hybridized carbons (Fsp3) is 0.250. The Kier molecular flexibility index (Phi) is 4.85. The predicted molar refractivity (Wildman–Crippen MR) is 64.6 cm³/mol. The van der Waals surface area contributed by atoms with Crippen LogP contribution in [0.2, 0.25) is 0 Å². The van der Waals surface area contributed by atoms with Crippen molar-refractivity contribution in [2.45, 2.75) is 13.3 Å². The van der Waals surface area contributed by atoms with E-state index >= 15 is 0 Å². The van der Waals surface area contributed by atoms with Gasteiger partial charge in [0.15, 0.2) is 0 Å². The summed E-state index contributed by atoms with van der Waals surface area (Å²) >= 11 is 3.24. The van der Waals surface area contributed by atoms with Crippen LogP contribution < -0.4 is 0 Å². The third-order valence-electron chi connectivity index (χ3n) is 2.11. The van der Waals surface area contributed by atoms with Crippen molar-refractivity contribution in [2.75, 3.05) is 6.61 Å². The molecule has 1 aromatic carbocycles. The average molecular weight is 296 g/mol. The van der Waals surface area contributed by atoms with E-state index < -0.39 is 5.97 Å². The van der Waals surface area contributed by atoms with E-state index in [9.17, 15) is 9.59 Å². The molecule has 17 heavy (non-hydrogen) atoms. The molecule has 4 nitrogen and oxygen atoms in total. The van der Waals surface area contributed by atoms with Crippen molar-refractivity contribution in [3.63, 3.8) is 0 Å². The zero-order valence-electron chi connectivity index (χ0n) is 9.20. The van der Waals surface area contributed by atoms with Crippen LogP contribution in [0, 0.1) is 11.3 Å². The molecular formula is C12H10BrNO3. The highest BCUT2D eigenvalue weighted by Gasteiger charge is 2.13. The smallest absolute Gasteiger partial charge is 0.310 e. The number of esters is 1. The van der Waals surface area contributed by atoms with Gasteiger partial charge in [0.2, 0.25) is 0 Å². The van der Waals surface area contributed by atoms with Gasteiger partial charge in [-0.25, -0.2) is 0 Å². The van der Waals surface area contributed by atoms with Crippen LogP contribution in [0.4, 0.5) is 0 Å². The molecule has 0 saturated carbocycles. The Balaban J connectivity index is 3.11. The fourth-order valence-electron chi connectivity index (χ4n) is 1.37. The van der Waals surface area contributed by atoms with E-state index in [1.54, 1.807) is 13.0 Å². The van der Waals surface area contributed by atoms with Crippen LogP contribution in [0.3, 0.4) is 0 Å². The molecule has 0 heterocycles. The maximum absolute atomic E-state index is 11.4. The second kappa shape index (κ2) is 6.16. The number of halogens is 1. The minimum atomic E-state index is -0.402. The summed E-state index contributed by atoms with van der Waals surface area (Å²) in [4.78, 5) is 22.3. The van der Waals surface area contributed by atoms with Gasteiger partial charge in [0.25, 0.3) is 0 Å². The summed E-state index contributed by atoms with van der Waals surface area (Å²) in [6, 6.07) is 4.96. The summed E-state index contributed by atoms with van der Waals surface area (Å²) in [5.41, 5.74) is 1.23.